The summed E-state index contributed by atoms with van der Waals surface area (Å²) in [6.07, 6.45) is -5.63. The molecule has 2 N–H and O–H groups in total. The van der Waals surface area contributed by atoms with E-state index in [4.69, 9.17) is 18.9 Å². The van der Waals surface area contributed by atoms with Gasteiger partial charge in [-0.05, 0) is 22.3 Å². The summed E-state index contributed by atoms with van der Waals surface area (Å²) in [4.78, 5) is 0. The summed E-state index contributed by atoms with van der Waals surface area (Å²) >= 11 is 0. The summed E-state index contributed by atoms with van der Waals surface area (Å²) in [6.45, 7) is 1.08. The predicted molar refractivity (Wildman–Crippen MR) is 152 cm³/mol. The minimum absolute atomic E-state index is 0.251. The van der Waals surface area contributed by atoms with Crippen LogP contribution in [-0.4, -0.2) is 46.8 Å². The number of ether oxygens (including phenoxy) is 4. The molecule has 6 atom stereocenters. The van der Waals surface area contributed by atoms with Crippen molar-refractivity contribution in [2.75, 3.05) is 0 Å². The Morgan fingerprint density at radius 2 is 0.575 bits per heavy atom. The fourth-order valence-corrected chi connectivity index (χ4v) is 4.98. The zero-order valence-corrected chi connectivity index (χ0v) is 22.4. The highest BCUT2D eigenvalue weighted by molar-refractivity contribution is 5.17. The van der Waals surface area contributed by atoms with Crippen molar-refractivity contribution in [1.82, 2.24) is 0 Å². The van der Waals surface area contributed by atoms with E-state index in [1.54, 1.807) is 0 Å². The lowest BCUT2D eigenvalue weighted by atomic mass is 9.84. The molecule has 4 aromatic rings. The molecule has 0 bridgehead atoms. The molecule has 1 fully saturated rings. The van der Waals surface area contributed by atoms with Crippen LogP contribution < -0.4 is 0 Å². The molecule has 1 aliphatic carbocycles. The summed E-state index contributed by atoms with van der Waals surface area (Å²) in [5.41, 5.74) is 3.87. The third-order valence-corrected chi connectivity index (χ3v) is 7.14. The molecule has 0 unspecified atom stereocenters. The SMILES string of the molecule is O[C@@H]1[C@@H](O)[C@H](OCc2ccccc2)[C@@H](OCc2ccccc2)[C@@H](OCc2ccccc2)[C@@H]1OCc1ccccc1. The van der Waals surface area contributed by atoms with Gasteiger partial charge in [-0.2, -0.15) is 0 Å². The summed E-state index contributed by atoms with van der Waals surface area (Å²) in [5.74, 6) is 0. The highest BCUT2D eigenvalue weighted by Gasteiger charge is 2.52. The number of aliphatic hydroxyl groups excluding tert-OH is 2. The molecule has 0 amide bonds. The minimum atomic E-state index is -1.25. The van der Waals surface area contributed by atoms with E-state index < -0.39 is 36.6 Å². The number of aliphatic hydroxyl groups is 2. The molecule has 40 heavy (non-hydrogen) atoms. The number of hydrogen-bond acceptors (Lipinski definition) is 6. The maximum atomic E-state index is 11.4. The van der Waals surface area contributed by atoms with Crippen molar-refractivity contribution in [2.45, 2.75) is 63.1 Å². The highest BCUT2D eigenvalue weighted by Crippen LogP contribution is 2.32. The maximum Gasteiger partial charge on any atom is 0.116 e. The molecule has 0 radical (unpaired) electrons. The molecule has 6 nitrogen and oxygen atoms in total. The van der Waals surface area contributed by atoms with Gasteiger partial charge in [0.15, 0.2) is 0 Å². The summed E-state index contributed by atoms with van der Waals surface area (Å²) in [7, 11) is 0. The zero-order chi connectivity index (χ0) is 27.6. The average molecular weight is 541 g/mol. The average Bonchev–Trinajstić information content (AvgIpc) is 3.01. The summed E-state index contributed by atoms with van der Waals surface area (Å²) < 4.78 is 25.5. The highest BCUT2D eigenvalue weighted by atomic mass is 16.6. The molecule has 1 saturated carbocycles. The van der Waals surface area contributed by atoms with Crippen molar-refractivity contribution in [3.05, 3.63) is 144 Å². The molecule has 5 rings (SSSR count). The quantitative estimate of drug-likeness (QED) is 0.262. The van der Waals surface area contributed by atoms with Crippen molar-refractivity contribution >= 4 is 0 Å². The lowest BCUT2D eigenvalue weighted by molar-refractivity contribution is -0.273. The van der Waals surface area contributed by atoms with Gasteiger partial charge in [0.1, 0.15) is 36.6 Å². The number of hydrogen-bond donors (Lipinski definition) is 2. The Labute approximate surface area is 235 Å². The Hall–Kier alpha value is -3.36. The van der Waals surface area contributed by atoms with Gasteiger partial charge in [-0.25, -0.2) is 0 Å². The monoisotopic (exact) mass is 540 g/mol. The second-order valence-corrected chi connectivity index (χ2v) is 10.0. The first-order valence-corrected chi connectivity index (χ1v) is 13.7. The first kappa shape index (κ1) is 28.2. The van der Waals surface area contributed by atoms with E-state index in [9.17, 15) is 10.2 Å². The van der Waals surface area contributed by atoms with Gasteiger partial charge in [0.05, 0.1) is 26.4 Å². The van der Waals surface area contributed by atoms with Crippen LogP contribution >= 0.6 is 0 Å². The number of rotatable bonds is 12. The van der Waals surface area contributed by atoms with Gasteiger partial charge in [0, 0.05) is 0 Å². The van der Waals surface area contributed by atoms with Crippen molar-refractivity contribution in [3.63, 3.8) is 0 Å². The van der Waals surface area contributed by atoms with Gasteiger partial charge in [0.2, 0.25) is 0 Å². The van der Waals surface area contributed by atoms with Crippen molar-refractivity contribution in [1.29, 1.82) is 0 Å². The van der Waals surface area contributed by atoms with Crippen LogP contribution in [0.5, 0.6) is 0 Å². The van der Waals surface area contributed by atoms with Crippen LogP contribution in [0.25, 0.3) is 0 Å². The van der Waals surface area contributed by atoms with Crippen molar-refractivity contribution < 1.29 is 29.2 Å². The first-order chi connectivity index (χ1) is 19.7. The van der Waals surface area contributed by atoms with E-state index in [1.807, 2.05) is 121 Å². The third-order valence-electron chi connectivity index (χ3n) is 7.14. The third kappa shape index (κ3) is 7.43. The molecular weight excluding hydrogens is 504 g/mol. The Balaban J connectivity index is 1.42. The summed E-state index contributed by atoms with van der Waals surface area (Å²) in [5, 5.41) is 22.7. The second-order valence-electron chi connectivity index (χ2n) is 10.0. The van der Waals surface area contributed by atoms with Crippen LogP contribution in [0.3, 0.4) is 0 Å². The largest absolute Gasteiger partial charge is 0.387 e. The van der Waals surface area contributed by atoms with Gasteiger partial charge in [-0.3, -0.25) is 0 Å². The minimum Gasteiger partial charge on any atom is -0.387 e. The van der Waals surface area contributed by atoms with Crippen LogP contribution in [0, 0.1) is 0 Å². The van der Waals surface area contributed by atoms with E-state index in [1.165, 1.54) is 0 Å². The van der Waals surface area contributed by atoms with E-state index in [0.717, 1.165) is 22.3 Å². The Morgan fingerprint density at radius 1 is 0.350 bits per heavy atom. The van der Waals surface area contributed by atoms with Gasteiger partial charge < -0.3 is 29.2 Å². The summed E-state index contributed by atoms with van der Waals surface area (Å²) in [6, 6.07) is 39.1. The Bertz CT molecular complexity index is 1150. The van der Waals surface area contributed by atoms with Crippen LogP contribution in [0.15, 0.2) is 121 Å². The molecule has 0 aliphatic heterocycles. The fourth-order valence-electron chi connectivity index (χ4n) is 4.98. The zero-order valence-electron chi connectivity index (χ0n) is 22.4. The molecule has 0 saturated heterocycles. The van der Waals surface area contributed by atoms with E-state index in [-0.39, 0.29) is 26.4 Å². The van der Waals surface area contributed by atoms with E-state index >= 15 is 0 Å². The standard InChI is InChI=1S/C34H36O6/c35-29-30(36)32(38-22-26-15-7-2-8-16-26)34(40-24-28-19-11-4-12-20-28)33(39-23-27-17-9-3-10-18-27)31(29)37-21-25-13-5-1-6-14-25/h1-20,29-36H,21-24H2/t29-,30-,31-,32+,33+,34-/m1/s1. The van der Waals surface area contributed by atoms with E-state index in [0.29, 0.717) is 0 Å². The van der Waals surface area contributed by atoms with Crippen LogP contribution in [0.2, 0.25) is 0 Å². The maximum absolute atomic E-state index is 11.4. The molecule has 208 valence electrons. The molecule has 0 heterocycles. The van der Waals surface area contributed by atoms with E-state index in [2.05, 4.69) is 0 Å². The molecular formula is C34H36O6. The molecule has 4 aromatic carbocycles. The van der Waals surface area contributed by atoms with Crippen LogP contribution in [0.1, 0.15) is 22.3 Å². The van der Waals surface area contributed by atoms with Gasteiger partial charge in [-0.1, -0.05) is 121 Å². The molecule has 6 heteroatoms. The lowest BCUT2D eigenvalue weighted by Gasteiger charge is -2.47. The molecule has 0 aromatic heterocycles. The van der Waals surface area contributed by atoms with Gasteiger partial charge >= 0.3 is 0 Å². The normalized spacial score (nSPS) is 24.6. The lowest BCUT2D eigenvalue weighted by Crippen LogP contribution is -2.66. The fraction of sp³-hybridized carbons (Fsp3) is 0.294. The van der Waals surface area contributed by atoms with Crippen LogP contribution in [-0.2, 0) is 45.4 Å². The van der Waals surface area contributed by atoms with Gasteiger partial charge in [-0.15, -0.1) is 0 Å². The number of benzene rings is 4. The predicted octanol–water partition coefficient (Wildman–Crippen LogP) is 5.06. The Morgan fingerprint density at radius 3 is 0.825 bits per heavy atom. The Kier molecular flexibility index (Phi) is 10.1. The molecule has 0 spiro atoms. The first-order valence-electron chi connectivity index (χ1n) is 13.7. The second kappa shape index (κ2) is 14.3. The van der Waals surface area contributed by atoms with Crippen molar-refractivity contribution in [2.24, 2.45) is 0 Å². The van der Waals surface area contributed by atoms with Crippen LogP contribution in [0.4, 0.5) is 0 Å². The van der Waals surface area contributed by atoms with Gasteiger partial charge in [0.25, 0.3) is 0 Å². The van der Waals surface area contributed by atoms with Crippen molar-refractivity contribution in [3.8, 4) is 0 Å². The smallest absolute Gasteiger partial charge is 0.116 e. The molecule has 1 aliphatic rings. The topological polar surface area (TPSA) is 77.4 Å².